The van der Waals surface area contributed by atoms with Gasteiger partial charge in [0.2, 0.25) is 5.91 Å². The molecular formula is C18H29ClN2O. The Morgan fingerprint density at radius 2 is 1.86 bits per heavy atom. The zero-order valence-corrected chi connectivity index (χ0v) is 14.6. The summed E-state index contributed by atoms with van der Waals surface area (Å²) in [5.74, 6) is 1.11. The fourth-order valence-electron chi connectivity index (χ4n) is 2.98. The second kappa shape index (κ2) is 9.86. The first-order valence-corrected chi connectivity index (χ1v) is 8.17. The molecule has 1 heterocycles. The molecule has 1 N–H and O–H groups in total. The summed E-state index contributed by atoms with van der Waals surface area (Å²) in [6.07, 6.45) is 5.07. The molecule has 0 spiro atoms. The second-order valence-corrected chi connectivity index (χ2v) is 6.20. The van der Waals surface area contributed by atoms with Gasteiger partial charge in [0.05, 0.1) is 0 Å². The van der Waals surface area contributed by atoms with E-state index in [1.54, 1.807) is 0 Å². The van der Waals surface area contributed by atoms with Crippen LogP contribution in [0.5, 0.6) is 0 Å². The van der Waals surface area contributed by atoms with E-state index < -0.39 is 0 Å². The molecule has 1 aliphatic rings. The lowest BCUT2D eigenvalue weighted by molar-refractivity contribution is -0.132. The third-order valence-corrected chi connectivity index (χ3v) is 4.52. The van der Waals surface area contributed by atoms with Crippen LogP contribution in [0.4, 0.5) is 0 Å². The molecule has 1 fully saturated rings. The Kier molecular flexibility index (Phi) is 8.51. The zero-order chi connectivity index (χ0) is 15.1. The van der Waals surface area contributed by atoms with Crippen molar-refractivity contribution in [3.63, 3.8) is 0 Å². The van der Waals surface area contributed by atoms with E-state index in [0.29, 0.717) is 12.3 Å². The first-order chi connectivity index (χ1) is 10.2. The van der Waals surface area contributed by atoms with E-state index in [4.69, 9.17) is 0 Å². The zero-order valence-electron chi connectivity index (χ0n) is 13.8. The Bertz CT molecular complexity index is 439. The molecule has 1 aromatic carbocycles. The largest absolute Gasteiger partial charge is 0.343 e. The van der Waals surface area contributed by atoms with Crippen molar-refractivity contribution in [3.05, 3.63) is 35.4 Å². The molecule has 0 unspecified atom stereocenters. The number of piperidine rings is 1. The van der Waals surface area contributed by atoms with Crippen LogP contribution in [-0.2, 0) is 11.2 Å². The van der Waals surface area contributed by atoms with E-state index in [1.807, 2.05) is 7.05 Å². The van der Waals surface area contributed by atoms with Gasteiger partial charge in [-0.05, 0) is 57.7 Å². The van der Waals surface area contributed by atoms with Gasteiger partial charge in [-0.2, -0.15) is 0 Å². The van der Waals surface area contributed by atoms with Crippen molar-refractivity contribution in [2.45, 2.75) is 39.0 Å². The molecule has 0 aliphatic carbocycles. The van der Waals surface area contributed by atoms with Crippen molar-refractivity contribution in [2.75, 3.05) is 26.7 Å². The summed E-state index contributed by atoms with van der Waals surface area (Å²) >= 11 is 0. The van der Waals surface area contributed by atoms with Crippen LogP contribution in [0.25, 0.3) is 0 Å². The SMILES string of the molecule is CNCCC1CCN(C(=O)CCc2ccc(C)cc2)CC1.Cl. The number of nitrogens with one attached hydrogen (secondary N) is 1. The summed E-state index contributed by atoms with van der Waals surface area (Å²) in [6, 6.07) is 8.50. The van der Waals surface area contributed by atoms with Gasteiger partial charge in [0, 0.05) is 19.5 Å². The van der Waals surface area contributed by atoms with Crippen LogP contribution in [-0.4, -0.2) is 37.5 Å². The summed E-state index contributed by atoms with van der Waals surface area (Å²) < 4.78 is 0. The van der Waals surface area contributed by atoms with Crippen molar-refractivity contribution in [1.29, 1.82) is 0 Å². The van der Waals surface area contributed by atoms with Crippen LogP contribution < -0.4 is 5.32 Å². The first-order valence-electron chi connectivity index (χ1n) is 8.17. The number of rotatable bonds is 6. The highest BCUT2D eigenvalue weighted by atomic mass is 35.5. The molecule has 4 heteroatoms. The summed E-state index contributed by atoms with van der Waals surface area (Å²) in [6.45, 7) is 5.07. The van der Waals surface area contributed by atoms with E-state index in [9.17, 15) is 4.79 Å². The highest BCUT2D eigenvalue weighted by Gasteiger charge is 2.21. The van der Waals surface area contributed by atoms with Gasteiger partial charge in [0.1, 0.15) is 0 Å². The summed E-state index contributed by atoms with van der Waals surface area (Å²) in [4.78, 5) is 14.3. The predicted molar refractivity (Wildman–Crippen MR) is 94.6 cm³/mol. The summed E-state index contributed by atoms with van der Waals surface area (Å²) in [5.41, 5.74) is 2.53. The smallest absolute Gasteiger partial charge is 0.222 e. The van der Waals surface area contributed by atoms with Crippen molar-refractivity contribution in [1.82, 2.24) is 10.2 Å². The van der Waals surface area contributed by atoms with Crippen molar-refractivity contribution < 1.29 is 4.79 Å². The molecule has 1 aromatic rings. The monoisotopic (exact) mass is 324 g/mol. The number of halogens is 1. The van der Waals surface area contributed by atoms with Gasteiger partial charge >= 0.3 is 0 Å². The minimum atomic E-state index is 0. The summed E-state index contributed by atoms with van der Waals surface area (Å²) in [7, 11) is 2.00. The molecule has 2 rings (SSSR count). The van der Waals surface area contributed by atoms with Gasteiger partial charge < -0.3 is 10.2 Å². The van der Waals surface area contributed by atoms with Crippen LogP contribution in [0.15, 0.2) is 24.3 Å². The highest BCUT2D eigenvalue weighted by molar-refractivity contribution is 5.85. The molecule has 0 bridgehead atoms. The number of carbonyl (C=O) groups excluding carboxylic acids is 1. The van der Waals surface area contributed by atoms with E-state index in [1.165, 1.54) is 17.5 Å². The topological polar surface area (TPSA) is 32.3 Å². The maximum absolute atomic E-state index is 12.3. The minimum absolute atomic E-state index is 0. The van der Waals surface area contributed by atoms with Gasteiger partial charge in [-0.25, -0.2) is 0 Å². The van der Waals surface area contributed by atoms with E-state index >= 15 is 0 Å². The number of hydrogen-bond donors (Lipinski definition) is 1. The van der Waals surface area contributed by atoms with Crippen LogP contribution in [0, 0.1) is 12.8 Å². The Labute approximate surface area is 140 Å². The van der Waals surface area contributed by atoms with Gasteiger partial charge in [0.15, 0.2) is 0 Å². The third kappa shape index (κ3) is 5.98. The Balaban J connectivity index is 0.00000242. The van der Waals surface area contributed by atoms with Crippen molar-refractivity contribution in [2.24, 2.45) is 5.92 Å². The van der Waals surface area contributed by atoms with Crippen LogP contribution in [0.1, 0.15) is 36.8 Å². The molecule has 1 aliphatic heterocycles. The summed E-state index contributed by atoms with van der Waals surface area (Å²) in [5, 5.41) is 3.21. The molecular weight excluding hydrogens is 296 g/mol. The molecule has 0 radical (unpaired) electrons. The fourth-order valence-corrected chi connectivity index (χ4v) is 2.98. The van der Waals surface area contributed by atoms with Gasteiger partial charge in [-0.3, -0.25) is 4.79 Å². The number of benzene rings is 1. The number of likely N-dealkylation sites (tertiary alicyclic amines) is 1. The lowest BCUT2D eigenvalue weighted by Gasteiger charge is -2.32. The van der Waals surface area contributed by atoms with E-state index in [2.05, 4.69) is 41.4 Å². The van der Waals surface area contributed by atoms with Crippen LogP contribution >= 0.6 is 12.4 Å². The normalized spacial score (nSPS) is 15.5. The fraction of sp³-hybridized carbons (Fsp3) is 0.611. The predicted octanol–water partition coefficient (Wildman–Crippen LogP) is 3.20. The van der Waals surface area contributed by atoms with E-state index in [0.717, 1.165) is 44.8 Å². The number of hydrogen-bond acceptors (Lipinski definition) is 2. The molecule has 0 aromatic heterocycles. The third-order valence-electron chi connectivity index (χ3n) is 4.52. The molecule has 1 saturated heterocycles. The van der Waals surface area contributed by atoms with E-state index in [-0.39, 0.29) is 12.4 Å². The molecule has 3 nitrogen and oxygen atoms in total. The Hall–Kier alpha value is -1.06. The second-order valence-electron chi connectivity index (χ2n) is 6.20. The Morgan fingerprint density at radius 1 is 1.23 bits per heavy atom. The first kappa shape index (κ1) is 19.0. The standard InChI is InChI=1S/C18H28N2O.ClH/c1-15-3-5-16(6-4-15)7-8-18(21)20-13-10-17(11-14-20)9-12-19-2;/h3-6,17,19H,7-14H2,1-2H3;1H. The van der Waals surface area contributed by atoms with Crippen molar-refractivity contribution >= 4 is 18.3 Å². The molecule has 124 valence electrons. The molecule has 22 heavy (non-hydrogen) atoms. The van der Waals surface area contributed by atoms with Crippen molar-refractivity contribution in [3.8, 4) is 0 Å². The number of carbonyl (C=O) groups is 1. The number of amides is 1. The average Bonchev–Trinajstić information content (AvgIpc) is 2.52. The van der Waals surface area contributed by atoms with Crippen LogP contribution in [0.3, 0.4) is 0 Å². The van der Waals surface area contributed by atoms with Gasteiger partial charge in [-0.1, -0.05) is 29.8 Å². The van der Waals surface area contributed by atoms with Gasteiger partial charge in [-0.15, -0.1) is 12.4 Å². The lowest BCUT2D eigenvalue weighted by Crippen LogP contribution is -2.39. The number of aryl methyl sites for hydroxylation is 2. The maximum Gasteiger partial charge on any atom is 0.222 e. The number of nitrogens with zero attached hydrogens (tertiary/aromatic N) is 1. The quantitative estimate of drug-likeness (QED) is 0.871. The molecule has 0 atom stereocenters. The Morgan fingerprint density at radius 3 is 2.45 bits per heavy atom. The minimum Gasteiger partial charge on any atom is -0.343 e. The average molecular weight is 325 g/mol. The molecule has 0 saturated carbocycles. The molecule has 1 amide bonds. The lowest BCUT2D eigenvalue weighted by atomic mass is 9.93. The highest BCUT2D eigenvalue weighted by Crippen LogP contribution is 2.20. The maximum atomic E-state index is 12.3. The van der Waals surface area contributed by atoms with Gasteiger partial charge in [0.25, 0.3) is 0 Å². The van der Waals surface area contributed by atoms with Crippen LogP contribution in [0.2, 0.25) is 0 Å².